The van der Waals surface area contributed by atoms with Crippen molar-refractivity contribution in [2.75, 3.05) is 0 Å². The predicted molar refractivity (Wildman–Crippen MR) is 102 cm³/mol. The van der Waals surface area contributed by atoms with Crippen LogP contribution in [0.3, 0.4) is 0 Å². The van der Waals surface area contributed by atoms with E-state index in [0.717, 1.165) is 25.8 Å². The van der Waals surface area contributed by atoms with Crippen LogP contribution >= 0.6 is 46.0 Å². The van der Waals surface area contributed by atoms with Gasteiger partial charge in [-0.3, -0.25) is 14.5 Å². The summed E-state index contributed by atoms with van der Waals surface area (Å²) in [5.74, 6) is -0.980. The maximum Gasteiger partial charge on any atom is 0.293 e. The fourth-order valence-corrected chi connectivity index (χ4v) is 3.81. The van der Waals surface area contributed by atoms with E-state index in [4.69, 9.17) is 11.6 Å². The average Bonchev–Trinajstić information content (AvgIpc) is 2.80. The molecule has 0 bridgehead atoms. The van der Waals surface area contributed by atoms with E-state index in [2.05, 4.69) is 22.6 Å². The van der Waals surface area contributed by atoms with E-state index in [1.807, 2.05) is 24.3 Å². The van der Waals surface area contributed by atoms with Gasteiger partial charge in [0.2, 0.25) is 0 Å². The first-order valence-electron chi connectivity index (χ1n) is 6.90. The van der Waals surface area contributed by atoms with Crippen molar-refractivity contribution < 1.29 is 14.0 Å². The molecule has 1 heterocycles. The number of hydrogen-bond donors (Lipinski definition) is 0. The molecule has 1 fully saturated rings. The van der Waals surface area contributed by atoms with Crippen molar-refractivity contribution in [1.29, 1.82) is 0 Å². The summed E-state index contributed by atoms with van der Waals surface area (Å²) >= 11 is 8.99. The lowest BCUT2D eigenvalue weighted by Crippen LogP contribution is -2.28. The van der Waals surface area contributed by atoms with Gasteiger partial charge in [0.25, 0.3) is 11.1 Å². The van der Waals surface area contributed by atoms with E-state index in [0.29, 0.717) is 4.91 Å². The Morgan fingerprint density at radius 3 is 2.62 bits per heavy atom. The van der Waals surface area contributed by atoms with Crippen molar-refractivity contribution >= 4 is 63.2 Å². The summed E-state index contributed by atoms with van der Waals surface area (Å²) in [6.45, 7) is -0.181. The number of benzene rings is 2. The molecule has 1 aliphatic heterocycles. The molecule has 0 aliphatic carbocycles. The summed E-state index contributed by atoms with van der Waals surface area (Å²) in [5, 5.41) is -0.243. The Bertz CT molecular complexity index is 851. The molecular formula is C17H10ClFINO2S. The number of thioether (sulfide) groups is 1. The first-order valence-corrected chi connectivity index (χ1v) is 9.17. The molecule has 7 heteroatoms. The Morgan fingerprint density at radius 2 is 1.92 bits per heavy atom. The second kappa shape index (κ2) is 7.25. The number of rotatable bonds is 3. The molecule has 0 atom stereocenters. The van der Waals surface area contributed by atoms with E-state index in [-0.39, 0.29) is 17.1 Å². The van der Waals surface area contributed by atoms with Crippen LogP contribution in [0.2, 0.25) is 5.02 Å². The van der Waals surface area contributed by atoms with Crippen LogP contribution < -0.4 is 0 Å². The molecule has 2 aromatic rings. The largest absolute Gasteiger partial charge is 0.293 e. The number of halogens is 3. The third kappa shape index (κ3) is 3.50. The summed E-state index contributed by atoms with van der Waals surface area (Å²) in [5.41, 5.74) is 0.990. The number of hydrogen-bond acceptors (Lipinski definition) is 3. The maximum absolute atomic E-state index is 13.9. The van der Waals surface area contributed by atoms with Gasteiger partial charge in [-0.05, 0) is 64.2 Å². The van der Waals surface area contributed by atoms with Crippen molar-refractivity contribution in [2.24, 2.45) is 0 Å². The maximum atomic E-state index is 13.9. The molecule has 0 spiro atoms. The van der Waals surface area contributed by atoms with Gasteiger partial charge in [-0.25, -0.2) is 4.39 Å². The molecule has 2 amide bonds. The summed E-state index contributed by atoms with van der Waals surface area (Å²) in [6.07, 6.45) is 1.68. The number of imide groups is 1. The van der Waals surface area contributed by atoms with Crippen molar-refractivity contribution in [3.05, 3.63) is 72.9 Å². The summed E-state index contributed by atoms with van der Waals surface area (Å²) < 4.78 is 14.9. The average molecular weight is 474 g/mol. The number of nitrogens with zero attached hydrogens (tertiary/aromatic N) is 1. The minimum absolute atomic E-state index is 0.136. The third-order valence-corrected chi connectivity index (χ3v) is 5.69. The van der Waals surface area contributed by atoms with Crippen molar-refractivity contribution in [1.82, 2.24) is 4.90 Å². The number of carbonyl (C=O) groups excluding carboxylic acids is 2. The zero-order valence-corrected chi connectivity index (χ0v) is 15.9. The molecule has 0 radical (unpaired) electrons. The lowest BCUT2D eigenvalue weighted by Gasteiger charge is -2.14. The van der Waals surface area contributed by atoms with Gasteiger partial charge < -0.3 is 0 Å². The molecule has 2 aromatic carbocycles. The van der Waals surface area contributed by atoms with Crippen molar-refractivity contribution in [3.8, 4) is 0 Å². The number of amides is 2. The van der Waals surface area contributed by atoms with Gasteiger partial charge in [-0.2, -0.15) is 0 Å². The monoisotopic (exact) mass is 473 g/mol. The SMILES string of the molecule is O=C1S/C(=C\c2ccccc2I)C(=O)N1Cc1c(F)cccc1Cl. The van der Waals surface area contributed by atoms with E-state index in [1.165, 1.54) is 18.2 Å². The standard InChI is InChI=1S/C17H10ClFINO2S/c18-12-5-3-6-13(19)11(12)9-21-16(22)15(24-17(21)23)8-10-4-1-2-7-14(10)20/h1-8H,9H2/b15-8-. The molecule has 0 aromatic heterocycles. The Kier molecular flexibility index (Phi) is 5.27. The molecule has 1 aliphatic rings. The lowest BCUT2D eigenvalue weighted by molar-refractivity contribution is -0.123. The molecule has 0 saturated carbocycles. The summed E-state index contributed by atoms with van der Waals surface area (Å²) in [7, 11) is 0. The summed E-state index contributed by atoms with van der Waals surface area (Å²) in [6, 6.07) is 11.8. The van der Waals surface area contributed by atoms with Gasteiger partial charge in [0, 0.05) is 14.2 Å². The third-order valence-electron chi connectivity index (χ3n) is 3.44. The first kappa shape index (κ1) is 17.4. The van der Waals surface area contributed by atoms with Crippen molar-refractivity contribution in [2.45, 2.75) is 6.54 Å². The molecule has 122 valence electrons. The minimum Gasteiger partial charge on any atom is -0.268 e. The van der Waals surface area contributed by atoms with E-state index in [9.17, 15) is 14.0 Å². The van der Waals surface area contributed by atoms with E-state index >= 15 is 0 Å². The Morgan fingerprint density at radius 1 is 1.17 bits per heavy atom. The molecule has 1 saturated heterocycles. The van der Waals surface area contributed by atoms with Gasteiger partial charge >= 0.3 is 0 Å². The van der Waals surface area contributed by atoms with Crippen molar-refractivity contribution in [3.63, 3.8) is 0 Å². The zero-order valence-electron chi connectivity index (χ0n) is 12.1. The van der Waals surface area contributed by atoms with Crippen LogP contribution in [0.25, 0.3) is 6.08 Å². The highest BCUT2D eigenvalue weighted by Crippen LogP contribution is 2.35. The van der Waals surface area contributed by atoms with E-state index < -0.39 is 17.0 Å². The van der Waals surface area contributed by atoms with Crippen LogP contribution in [0.15, 0.2) is 47.4 Å². The zero-order chi connectivity index (χ0) is 17.3. The second-order valence-electron chi connectivity index (χ2n) is 4.99. The smallest absolute Gasteiger partial charge is 0.268 e. The highest BCUT2D eigenvalue weighted by molar-refractivity contribution is 14.1. The molecular weight excluding hydrogens is 464 g/mol. The van der Waals surface area contributed by atoms with Gasteiger partial charge in [0.05, 0.1) is 11.4 Å². The van der Waals surface area contributed by atoms with Gasteiger partial charge in [0.1, 0.15) is 5.82 Å². The highest BCUT2D eigenvalue weighted by atomic mass is 127. The lowest BCUT2D eigenvalue weighted by atomic mass is 10.2. The normalized spacial score (nSPS) is 16.3. The van der Waals surface area contributed by atoms with Crippen LogP contribution in [-0.2, 0) is 11.3 Å². The first-order chi connectivity index (χ1) is 11.5. The van der Waals surface area contributed by atoms with Crippen LogP contribution in [0, 0.1) is 9.39 Å². The molecule has 0 N–H and O–H groups in total. The van der Waals surface area contributed by atoms with Crippen LogP contribution in [0.5, 0.6) is 0 Å². The predicted octanol–water partition coefficient (Wildman–Crippen LogP) is 5.32. The Balaban J connectivity index is 1.89. The van der Waals surface area contributed by atoms with Gasteiger partial charge in [-0.15, -0.1) is 0 Å². The molecule has 3 rings (SSSR count). The summed E-state index contributed by atoms with van der Waals surface area (Å²) in [4.78, 5) is 26.0. The topological polar surface area (TPSA) is 37.4 Å². The van der Waals surface area contributed by atoms with Crippen LogP contribution in [-0.4, -0.2) is 16.0 Å². The van der Waals surface area contributed by atoms with Gasteiger partial charge in [0.15, 0.2) is 0 Å². The fourth-order valence-electron chi connectivity index (χ4n) is 2.21. The highest BCUT2D eigenvalue weighted by Gasteiger charge is 2.35. The Labute approximate surface area is 161 Å². The van der Waals surface area contributed by atoms with Gasteiger partial charge in [-0.1, -0.05) is 35.9 Å². The van der Waals surface area contributed by atoms with E-state index in [1.54, 1.807) is 6.08 Å². The molecule has 0 unspecified atom stereocenters. The Hall–Kier alpha value is -1.38. The molecule has 24 heavy (non-hydrogen) atoms. The second-order valence-corrected chi connectivity index (χ2v) is 7.55. The molecule has 3 nitrogen and oxygen atoms in total. The quantitative estimate of drug-likeness (QED) is 0.447. The minimum atomic E-state index is -0.539. The van der Waals surface area contributed by atoms with Crippen LogP contribution in [0.1, 0.15) is 11.1 Å². The van der Waals surface area contributed by atoms with Crippen LogP contribution in [0.4, 0.5) is 9.18 Å². The fraction of sp³-hybridized carbons (Fsp3) is 0.0588. The number of carbonyl (C=O) groups is 2.